The van der Waals surface area contributed by atoms with Crippen molar-refractivity contribution in [2.75, 3.05) is 19.8 Å². The smallest absolute Gasteiger partial charge is 0.320 e. The molecule has 0 amide bonds. The number of hydrogen-bond acceptors (Lipinski definition) is 4. The summed E-state index contributed by atoms with van der Waals surface area (Å²) in [5.41, 5.74) is 1.08. The van der Waals surface area contributed by atoms with Crippen LogP contribution in [0.1, 0.15) is 31.6 Å². The number of fused-ring (bicyclic) bond motifs is 1. The summed E-state index contributed by atoms with van der Waals surface area (Å²) in [6, 6.07) is 7.14. The van der Waals surface area contributed by atoms with Crippen LogP contribution < -0.4 is 0 Å². The lowest BCUT2D eigenvalue weighted by atomic mass is 10.0. The number of aromatic nitrogens is 2. The maximum absolute atomic E-state index is 13.6. The highest BCUT2D eigenvalue weighted by Crippen LogP contribution is 2.28. The summed E-state index contributed by atoms with van der Waals surface area (Å²) in [4.78, 5) is 6.63. The lowest BCUT2D eigenvalue weighted by Gasteiger charge is -2.37. The molecule has 2 aliphatic heterocycles. The second-order valence-electron chi connectivity index (χ2n) is 6.31. The molecule has 1 atom stereocenters. The zero-order valence-corrected chi connectivity index (χ0v) is 13.4. The Morgan fingerprint density at radius 3 is 2.75 bits per heavy atom. The van der Waals surface area contributed by atoms with E-state index >= 15 is 0 Å². The van der Waals surface area contributed by atoms with Crippen LogP contribution in [0.5, 0.6) is 0 Å². The molecule has 1 aromatic heterocycles. The van der Waals surface area contributed by atoms with Crippen molar-refractivity contribution in [1.82, 2.24) is 14.5 Å². The van der Waals surface area contributed by atoms with Gasteiger partial charge in [-0.1, -0.05) is 18.6 Å². The maximum Gasteiger partial charge on any atom is 0.320 e. The van der Waals surface area contributed by atoms with Gasteiger partial charge in [-0.3, -0.25) is 9.47 Å². The molecule has 0 radical (unpaired) electrons. The molecule has 3 heterocycles. The molecule has 4 rings (SSSR count). The average Bonchev–Trinajstić information content (AvgIpc) is 3.22. The zero-order chi connectivity index (χ0) is 16.5. The van der Waals surface area contributed by atoms with Crippen molar-refractivity contribution < 1.29 is 18.3 Å². The van der Waals surface area contributed by atoms with Gasteiger partial charge in [-0.25, -0.2) is 4.98 Å². The number of benzene rings is 1. The Bertz CT molecular complexity index is 700. The standard InChI is InChI=1S/C17H21F2N3O2/c18-17(19)22-13-6-2-1-5-12(13)20-15(22)11-21-8-4-3-7-14(21)16-23-9-10-24-16/h1-2,5-6,14,16-17H,3-4,7-11H2/t14-/m0/s1. The zero-order valence-electron chi connectivity index (χ0n) is 13.4. The van der Waals surface area contributed by atoms with Crippen LogP contribution >= 0.6 is 0 Å². The van der Waals surface area contributed by atoms with E-state index in [0.717, 1.165) is 30.4 Å². The number of para-hydroxylation sites is 2. The number of halogens is 2. The van der Waals surface area contributed by atoms with E-state index in [1.54, 1.807) is 18.2 Å². The van der Waals surface area contributed by atoms with Crippen molar-refractivity contribution in [1.29, 1.82) is 0 Å². The van der Waals surface area contributed by atoms with E-state index in [-0.39, 0.29) is 12.3 Å². The van der Waals surface area contributed by atoms with Crippen LogP contribution in [-0.4, -0.2) is 46.5 Å². The molecule has 0 unspecified atom stereocenters. The van der Waals surface area contributed by atoms with Gasteiger partial charge in [-0.15, -0.1) is 0 Å². The Hall–Kier alpha value is -1.57. The van der Waals surface area contributed by atoms with Crippen LogP contribution in [0.15, 0.2) is 24.3 Å². The minimum Gasteiger partial charge on any atom is -0.349 e. The molecule has 2 fully saturated rings. The highest BCUT2D eigenvalue weighted by molar-refractivity contribution is 5.75. The lowest BCUT2D eigenvalue weighted by Crippen LogP contribution is -2.47. The molecule has 2 aromatic rings. The highest BCUT2D eigenvalue weighted by Gasteiger charge is 2.34. The van der Waals surface area contributed by atoms with Crippen molar-refractivity contribution in [2.24, 2.45) is 0 Å². The molecule has 0 bridgehead atoms. The van der Waals surface area contributed by atoms with Gasteiger partial charge in [-0.2, -0.15) is 8.78 Å². The summed E-state index contributed by atoms with van der Waals surface area (Å²) < 4.78 is 39.6. The quantitative estimate of drug-likeness (QED) is 0.859. The van der Waals surface area contributed by atoms with Gasteiger partial charge in [0, 0.05) is 0 Å². The Labute approximate surface area is 139 Å². The summed E-state index contributed by atoms with van der Waals surface area (Å²) in [7, 11) is 0. The van der Waals surface area contributed by atoms with E-state index in [1.807, 2.05) is 6.07 Å². The molecule has 24 heavy (non-hydrogen) atoms. The van der Waals surface area contributed by atoms with Gasteiger partial charge in [0.05, 0.1) is 36.8 Å². The van der Waals surface area contributed by atoms with Crippen LogP contribution in [0.4, 0.5) is 8.78 Å². The van der Waals surface area contributed by atoms with E-state index in [9.17, 15) is 8.78 Å². The van der Waals surface area contributed by atoms with Crippen LogP contribution in [-0.2, 0) is 16.0 Å². The third kappa shape index (κ3) is 2.92. The Balaban J connectivity index is 1.63. The van der Waals surface area contributed by atoms with Gasteiger partial charge < -0.3 is 9.47 Å². The van der Waals surface area contributed by atoms with Crippen molar-refractivity contribution in [3.63, 3.8) is 0 Å². The second-order valence-corrected chi connectivity index (χ2v) is 6.31. The fourth-order valence-electron chi connectivity index (χ4n) is 3.73. The van der Waals surface area contributed by atoms with Crippen LogP contribution in [0, 0.1) is 0 Å². The topological polar surface area (TPSA) is 39.5 Å². The third-order valence-corrected chi connectivity index (χ3v) is 4.83. The molecule has 130 valence electrons. The Morgan fingerprint density at radius 2 is 1.96 bits per heavy atom. The maximum atomic E-state index is 13.6. The minimum atomic E-state index is -2.60. The minimum absolute atomic E-state index is 0.104. The summed E-state index contributed by atoms with van der Waals surface area (Å²) in [6.45, 7) is -0.169. The van der Waals surface area contributed by atoms with E-state index in [4.69, 9.17) is 9.47 Å². The fraction of sp³-hybridized carbons (Fsp3) is 0.588. The van der Waals surface area contributed by atoms with E-state index in [2.05, 4.69) is 9.88 Å². The molecule has 2 saturated heterocycles. The van der Waals surface area contributed by atoms with Crippen molar-refractivity contribution >= 4 is 11.0 Å². The largest absolute Gasteiger partial charge is 0.349 e. The number of rotatable bonds is 4. The Kier molecular flexibility index (Phi) is 4.47. The fourth-order valence-corrected chi connectivity index (χ4v) is 3.73. The summed E-state index contributed by atoms with van der Waals surface area (Å²) in [5, 5.41) is 0. The number of nitrogens with zero attached hydrogens (tertiary/aromatic N) is 3. The SMILES string of the molecule is FC(F)n1c(CN2CCCC[C@H]2C2OCCO2)nc2ccccc21. The van der Waals surface area contributed by atoms with E-state index in [1.165, 1.54) is 0 Å². The molecule has 0 aliphatic carbocycles. The number of likely N-dealkylation sites (tertiary alicyclic amines) is 1. The van der Waals surface area contributed by atoms with Crippen LogP contribution in [0.25, 0.3) is 11.0 Å². The molecule has 0 spiro atoms. The molecule has 7 heteroatoms. The summed E-state index contributed by atoms with van der Waals surface area (Å²) >= 11 is 0. The van der Waals surface area contributed by atoms with Crippen molar-refractivity contribution in [2.45, 2.75) is 44.7 Å². The first-order valence-corrected chi connectivity index (χ1v) is 8.45. The lowest BCUT2D eigenvalue weighted by molar-refractivity contribution is -0.112. The predicted octanol–water partition coefficient (Wildman–Crippen LogP) is 3.16. The van der Waals surface area contributed by atoms with E-state index < -0.39 is 6.55 Å². The first kappa shape index (κ1) is 15.9. The van der Waals surface area contributed by atoms with Crippen LogP contribution in [0.2, 0.25) is 0 Å². The van der Waals surface area contributed by atoms with Gasteiger partial charge in [0.15, 0.2) is 6.29 Å². The number of piperidine rings is 1. The number of ether oxygens (including phenoxy) is 2. The van der Waals surface area contributed by atoms with Gasteiger partial charge in [-0.05, 0) is 31.5 Å². The molecular formula is C17H21F2N3O2. The van der Waals surface area contributed by atoms with Gasteiger partial charge in [0.1, 0.15) is 5.82 Å². The van der Waals surface area contributed by atoms with Crippen molar-refractivity contribution in [3.8, 4) is 0 Å². The predicted molar refractivity (Wildman–Crippen MR) is 84.7 cm³/mol. The summed E-state index contributed by atoms with van der Waals surface area (Å²) in [6.07, 6.45) is 2.86. The third-order valence-electron chi connectivity index (χ3n) is 4.83. The van der Waals surface area contributed by atoms with Gasteiger partial charge >= 0.3 is 6.55 Å². The average molecular weight is 337 g/mol. The first-order chi connectivity index (χ1) is 11.7. The molecule has 5 nitrogen and oxygen atoms in total. The number of hydrogen-bond donors (Lipinski definition) is 0. The Morgan fingerprint density at radius 1 is 1.17 bits per heavy atom. The first-order valence-electron chi connectivity index (χ1n) is 8.45. The van der Waals surface area contributed by atoms with E-state index in [0.29, 0.717) is 36.6 Å². The van der Waals surface area contributed by atoms with Crippen molar-refractivity contribution in [3.05, 3.63) is 30.1 Å². The monoisotopic (exact) mass is 337 g/mol. The second kappa shape index (κ2) is 6.74. The van der Waals surface area contributed by atoms with Gasteiger partial charge in [0.2, 0.25) is 0 Å². The highest BCUT2D eigenvalue weighted by atomic mass is 19.3. The van der Waals surface area contributed by atoms with Crippen LogP contribution in [0.3, 0.4) is 0 Å². The summed E-state index contributed by atoms with van der Waals surface area (Å²) in [5.74, 6) is 0.399. The number of imidazole rings is 1. The molecular weight excluding hydrogens is 316 g/mol. The normalized spacial score (nSPS) is 23.5. The number of alkyl halides is 2. The molecule has 0 N–H and O–H groups in total. The van der Waals surface area contributed by atoms with Gasteiger partial charge in [0.25, 0.3) is 0 Å². The molecule has 1 aromatic carbocycles. The molecule has 0 saturated carbocycles. The molecule has 2 aliphatic rings.